The lowest BCUT2D eigenvalue weighted by Gasteiger charge is -2.52. The van der Waals surface area contributed by atoms with E-state index in [0.29, 0.717) is 11.4 Å². The molecule has 1 aromatic carbocycles. The third-order valence-electron chi connectivity index (χ3n) is 5.30. The maximum Gasteiger partial charge on any atom is 0.254 e. The summed E-state index contributed by atoms with van der Waals surface area (Å²) >= 11 is 0. The van der Waals surface area contributed by atoms with Crippen LogP contribution in [0.15, 0.2) is 67.9 Å². The number of imidazole rings is 1. The van der Waals surface area contributed by atoms with Gasteiger partial charge in [-0.3, -0.25) is 9.78 Å². The van der Waals surface area contributed by atoms with Crippen LogP contribution in [0.2, 0.25) is 0 Å². The minimum absolute atomic E-state index is 0.0424. The van der Waals surface area contributed by atoms with Gasteiger partial charge in [-0.1, -0.05) is 18.2 Å². The van der Waals surface area contributed by atoms with Crippen LogP contribution in [0.5, 0.6) is 0 Å². The molecular weight excluding hydrogens is 336 g/mol. The van der Waals surface area contributed by atoms with E-state index in [2.05, 4.69) is 28.1 Å². The van der Waals surface area contributed by atoms with Crippen LogP contribution >= 0.6 is 0 Å². The van der Waals surface area contributed by atoms with Crippen LogP contribution in [0, 0.1) is 0 Å². The molecule has 5 heteroatoms. The number of aromatic amines is 1. The Morgan fingerprint density at radius 1 is 1.22 bits per heavy atom. The van der Waals surface area contributed by atoms with Crippen molar-refractivity contribution in [2.75, 3.05) is 6.54 Å². The van der Waals surface area contributed by atoms with E-state index in [0.717, 1.165) is 42.5 Å². The van der Waals surface area contributed by atoms with Crippen molar-refractivity contribution in [2.45, 2.75) is 24.8 Å². The lowest BCUT2D eigenvalue weighted by molar-refractivity contribution is -0.0000110. The number of fused-ring (bicyclic) bond motifs is 1. The lowest BCUT2D eigenvalue weighted by atomic mass is 9.78. The van der Waals surface area contributed by atoms with Gasteiger partial charge in [0.2, 0.25) is 0 Å². The molecule has 0 aliphatic carbocycles. The maximum atomic E-state index is 13.1. The van der Waals surface area contributed by atoms with Crippen molar-refractivity contribution in [2.24, 2.45) is 0 Å². The van der Waals surface area contributed by atoms with E-state index in [1.54, 1.807) is 6.20 Å². The molecule has 1 saturated heterocycles. The fourth-order valence-corrected chi connectivity index (χ4v) is 3.82. The van der Waals surface area contributed by atoms with Gasteiger partial charge in [0.25, 0.3) is 5.91 Å². The Labute approximate surface area is 158 Å². The third kappa shape index (κ3) is 2.95. The minimum atomic E-state index is -0.178. The highest BCUT2D eigenvalue weighted by atomic mass is 16.2. The number of nitrogens with one attached hydrogen (secondary N) is 1. The molecule has 1 N–H and O–H groups in total. The van der Waals surface area contributed by atoms with Crippen molar-refractivity contribution in [3.05, 3.63) is 73.5 Å². The summed E-state index contributed by atoms with van der Waals surface area (Å²) < 4.78 is 0. The Hall–Kier alpha value is -3.21. The number of rotatable bonds is 6. The summed E-state index contributed by atoms with van der Waals surface area (Å²) in [6, 6.07) is 11.3. The number of hydrogen-bond acceptors (Lipinski definition) is 3. The lowest BCUT2D eigenvalue weighted by Crippen LogP contribution is -2.61. The van der Waals surface area contributed by atoms with Gasteiger partial charge in [0.1, 0.15) is 5.69 Å². The normalized spacial score (nSPS) is 15.3. The van der Waals surface area contributed by atoms with Crippen LogP contribution in [0.25, 0.3) is 22.6 Å². The zero-order valence-electron chi connectivity index (χ0n) is 15.2. The van der Waals surface area contributed by atoms with Gasteiger partial charge in [0, 0.05) is 18.3 Å². The molecule has 5 nitrogen and oxygen atoms in total. The van der Waals surface area contributed by atoms with Gasteiger partial charge in [-0.15, -0.1) is 13.2 Å². The number of amides is 1. The molecule has 0 atom stereocenters. The van der Waals surface area contributed by atoms with E-state index < -0.39 is 0 Å². The van der Waals surface area contributed by atoms with Crippen molar-refractivity contribution in [3.63, 3.8) is 0 Å². The Balaban J connectivity index is 1.65. The average Bonchev–Trinajstić information content (AvgIpc) is 3.11. The molecule has 1 fully saturated rings. The molecule has 0 spiro atoms. The van der Waals surface area contributed by atoms with Crippen molar-refractivity contribution in [3.8, 4) is 11.5 Å². The number of carbonyl (C=O) groups is 1. The van der Waals surface area contributed by atoms with E-state index in [4.69, 9.17) is 0 Å². The van der Waals surface area contributed by atoms with Crippen LogP contribution in [0.3, 0.4) is 0 Å². The number of nitrogens with zero attached hydrogens (tertiary/aromatic N) is 3. The summed E-state index contributed by atoms with van der Waals surface area (Å²) in [5, 5.41) is 0. The summed E-state index contributed by atoms with van der Waals surface area (Å²) in [7, 11) is 0. The molecule has 0 bridgehead atoms. The van der Waals surface area contributed by atoms with Gasteiger partial charge < -0.3 is 9.88 Å². The monoisotopic (exact) mass is 358 g/mol. The zero-order chi connectivity index (χ0) is 18.9. The molecule has 4 rings (SSSR count). The highest BCUT2D eigenvalue weighted by Gasteiger charge is 2.45. The minimum Gasteiger partial charge on any atom is -0.337 e. The van der Waals surface area contributed by atoms with Crippen LogP contribution in [-0.2, 0) is 0 Å². The number of aromatic nitrogens is 3. The number of pyridine rings is 1. The quantitative estimate of drug-likeness (QED) is 0.666. The van der Waals surface area contributed by atoms with E-state index in [9.17, 15) is 4.79 Å². The highest BCUT2D eigenvalue weighted by molar-refractivity contribution is 5.98. The van der Waals surface area contributed by atoms with Gasteiger partial charge in [-0.05, 0) is 49.6 Å². The summed E-state index contributed by atoms with van der Waals surface area (Å²) in [4.78, 5) is 27.3. The smallest absolute Gasteiger partial charge is 0.254 e. The molecule has 2 aromatic heterocycles. The highest BCUT2D eigenvalue weighted by Crippen LogP contribution is 2.39. The van der Waals surface area contributed by atoms with Crippen LogP contribution < -0.4 is 0 Å². The second-order valence-corrected chi connectivity index (χ2v) is 6.95. The van der Waals surface area contributed by atoms with Gasteiger partial charge in [-0.25, -0.2) is 4.98 Å². The van der Waals surface area contributed by atoms with E-state index in [1.165, 1.54) is 0 Å². The predicted octanol–water partition coefficient (Wildman–Crippen LogP) is 4.36. The SMILES string of the molecule is C=CCC1(CC=C)CCN1C(=O)c1ccc2nc(-c3ccccn3)[nH]c2c1. The van der Waals surface area contributed by atoms with Crippen molar-refractivity contribution in [1.82, 2.24) is 19.9 Å². The molecule has 1 aliphatic heterocycles. The first kappa shape index (κ1) is 17.2. The topological polar surface area (TPSA) is 61.9 Å². The number of carbonyl (C=O) groups excluding carboxylic acids is 1. The summed E-state index contributed by atoms with van der Waals surface area (Å²) in [5.74, 6) is 0.743. The molecular formula is C22H22N4O. The number of hydrogen-bond donors (Lipinski definition) is 1. The summed E-state index contributed by atoms with van der Waals surface area (Å²) in [6.07, 6.45) is 8.05. The van der Waals surface area contributed by atoms with Crippen LogP contribution in [0.1, 0.15) is 29.6 Å². The molecule has 136 valence electrons. The van der Waals surface area contributed by atoms with Gasteiger partial charge in [-0.2, -0.15) is 0 Å². The molecule has 27 heavy (non-hydrogen) atoms. The number of benzene rings is 1. The molecule has 3 aromatic rings. The predicted molar refractivity (Wildman–Crippen MR) is 107 cm³/mol. The van der Waals surface area contributed by atoms with Gasteiger partial charge >= 0.3 is 0 Å². The second kappa shape index (κ2) is 6.83. The Morgan fingerprint density at radius 3 is 2.67 bits per heavy atom. The van der Waals surface area contributed by atoms with Crippen LogP contribution in [0.4, 0.5) is 0 Å². The van der Waals surface area contributed by atoms with E-state index in [1.807, 2.05) is 53.5 Å². The molecule has 1 aliphatic rings. The van der Waals surface area contributed by atoms with E-state index in [-0.39, 0.29) is 11.4 Å². The molecule has 0 saturated carbocycles. The van der Waals surface area contributed by atoms with Gasteiger partial charge in [0.05, 0.1) is 16.6 Å². The first-order valence-corrected chi connectivity index (χ1v) is 9.12. The zero-order valence-corrected chi connectivity index (χ0v) is 15.2. The van der Waals surface area contributed by atoms with E-state index >= 15 is 0 Å². The summed E-state index contributed by atoms with van der Waals surface area (Å²) in [6.45, 7) is 8.48. The molecule has 0 radical (unpaired) electrons. The maximum absolute atomic E-state index is 13.1. The second-order valence-electron chi connectivity index (χ2n) is 6.95. The molecule has 3 heterocycles. The largest absolute Gasteiger partial charge is 0.337 e. The first-order valence-electron chi connectivity index (χ1n) is 9.12. The van der Waals surface area contributed by atoms with Crippen LogP contribution in [-0.4, -0.2) is 37.8 Å². The average molecular weight is 358 g/mol. The number of likely N-dealkylation sites (tertiary alicyclic amines) is 1. The Bertz CT molecular complexity index is 996. The first-order chi connectivity index (χ1) is 13.2. The van der Waals surface area contributed by atoms with Crippen molar-refractivity contribution < 1.29 is 4.79 Å². The summed E-state index contributed by atoms with van der Waals surface area (Å²) in [5.41, 5.74) is 2.92. The van der Waals surface area contributed by atoms with Crippen molar-refractivity contribution >= 4 is 16.9 Å². The standard InChI is InChI=1S/C22H22N4O/c1-3-10-22(11-4-2)12-14-26(22)21(27)16-8-9-17-19(15-16)25-20(24-17)18-7-5-6-13-23-18/h3-9,13,15H,1-2,10-12,14H2,(H,24,25). The third-order valence-corrected chi connectivity index (χ3v) is 5.30. The molecule has 0 unspecified atom stereocenters. The molecule has 1 amide bonds. The van der Waals surface area contributed by atoms with Gasteiger partial charge in [0.15, 0.2) is 5.82 Å². The fraction of sp³-hybridized carbons (Fsp3) is 0.227. The fourth-order valence-electron chi connectivity index (χ4n) is 3.82. The van der Waals surface area contributed by atoms with Crippen molar-refractivity contribution in [1.29, 1.82) is 0 Å². The Morgan fingerprint density at radius 2 is 2.04 bits per heavy atom. The number of H-pyrrole nitrogens is 1. The Kier molecular flexibility index (Phi) is 4.36.